The summed E-state index contributed by atoms with van der Waals surface area (Å²) in [5.74, 6) is 1.38. The maximum Gasteiger partial charge on any atom is 0.328 e. The van der Waals surface area contributed by atoms with E-state index in [9.17, 15) is 10.5 Å². The van der Waals surface area contributed by atoms with Crippen LogP contribution in [-0.2, 0) is 0 Å². The van der Waals surface area contributed by atoms with Gasteiger partial charge in [0, 0.05) is 28.4 Å². The first-order valence-corrected chi connectivity index (χ1v) is 29.8. The molecule has 0 fully saturated rings. The Morgan fingerprint density at radius 2 is 0.888 bits per heavy atom. The number of benzene rings is 10. The van der Waals surface area contributed by atoms with Crippen LogP contribution < -0.4 is 47.8 Å². The minimum atomic E-state index is -0.595. The normalized spacial score (nSPS) is 11.9. The van der Waals surface area contributed by atoms with Crippen LogP contribution in [0.3, 0.4) is 0 Å². The molecule has 13 aromatic rings. The zero-order valence-electron chi connectivity index (χ0n) is 49.2. The molecule has 0 aliphatic carbocycles. The van der Waals surface area contributed by atoms with Crippen molar-refractivity contribution in [1.82, 2.24) is 18.9 Å². The third-order valence-electron chi connectivity index (χ3n) is 16.1. The fourth-order valence-electron chi connectivity index (χ4n) is 12.2. The van der Waals surface area contributed by atoms with Crippen LogP contribution in [0.5, 0.6) is 11.5 Å². The van der Waals surface area contributed by atoms with Gasteiger partial charge in [0.05, 0.1) is 58.1 Å². The monoisotopic (exact) mass is 1150 g/mol. The minimum Gasteiger partial charge on any atom is -0.494 e. The molecule has 3 heterocycles. The number of hydrogen-bond donors (Lipinski definition) is 1. The Kier molecular flexibility index (Phi) is 16.1. The highest BCUT2D eigenvalue weighted by Gasteiger charge is 2.37. The number of anilines is 1. The fraction of sp³-hybridized carbons (Fsp3) is 0.0519. The van der Waals surface area contributed by atoms with E-state index in [0.29, 0.717) is 74.3 Å². The lowest BCUT2D eigenvalue weighted by Crippen LogP contribution is -2.54. The molecular weight excluding hydrogens is 1090 g/mol. The topological polar surface area (TPSA) is 140 Å². The summed E-state index contributed by atoms with van der Waals surface area (Å²) in [7, 11) is 0. The van der Waals surface area contributed by atoms with Crippen LogP contribution in [0.2, 0.25) is 0 Å². The lowest BCUT2D eigenvalue weighted by molar-refractivity contribution is 0.340. The molecule has 0 radical (unpaired) electrons. The van der Waals surface area contributed by atoms with Gasteiger partial charge < -0.3 is 24.2 Å². The molecule has 13 rings (SSSR count). The third-order valence-corrected chi connectivity index (χ3v) is 16.1. The summed E-state index contributed by atoms with van der Waals surface area (Å²) in [5.41, 5.74) is 20.9. The number of nitriles is 2. The molecule has 0 aliphatic rings. The number of nitrogen functional groups attached to an aromatic ring is 1. The van der Waals surface area contributed by atoms with Gasteiger partial charge in [-0.25, -0.2) is 4.98 Å². The van der Waals surface area contributed by atoms with Crippen molar-refractivity contribution in [1.29, 1.82) is 10.5 Å². The summed E-state index contributed by atoms with van der Waals surface area (Å²) in [4.78, 5) is 15.7. The van der Waals surface area contributed by atoms with Crippen molar-refractivity contribution in [2.75, 3.05) is 18.9 Å². The van der Waals surface area contributed by atoms with Gasteiger partial charge in [0.1, 0.15) is 34.9 Å². The number of aliphatic imine (C=N–C) groups is 1. The maximum atomic E-state index is 12.5. The quantitative estimate of drug-likeness (QED) is 0.0544. The van der Waals surface area contributed by atoms with Gasteiger partial charge in [-0.15, -0.1) is 0 Å². The van der Waals surface area contributed by atoms with E-state index in [1.54, 1.807) is 12.4 Å². The highest BCUT2D eigenvalue weighted by molar-refractivity contribution is 6.85. The molecule has 0 unspecified atom stereocenters. The van der Waals surface area contributed by atoms with Crippen molar-refractivity contribution in [2.45, 2.75) is 13.8 Å². The van der Waals surface area contributed by atoms with Crippen molar-refractivity contribution < 1.29 is 9.47 Å². The molecule has 424 valence electrons. The van der Waals surface area contributed by atoms with E-state index in [-0.39, 0.29) is 11.1 Å². The molecule has 0 saturated heterocycles. The molecule has 12 heteroatoms. The van der Waals surface area contributed by atoms with Gasteiger partial charge >= 0.3 is 13.7 Å². The molecule has 0 atom stereocenters. The number of nitrogens with zero attached hydrogens (tertiary/aromatic N) is 7. The first kappa shape index (κ1) is 56.4. The largest absolute Gasteiger partial charge is 0.494 e. The van der Waals surface area contributed by atoms with E-state index < -0.39 is 13.7 Å². The summed E-state index contributed by atoms with van der Waals surface area (Å²) in [6.07, 6.45) is 3.36. The second kappa shape index (κ2) is 25.5. The van der Waals surface area contributed by atoms with Crippen LogP contribution in [0.1, 0.15) is 19.5 Å². The Labute approximate surface area is 517 Å². The first-order chi connectivity index (χ1) is 43.9. The van der Waals surface area contributed by atoms with E-state index in [2.05, 4.69) is 106 Å². The highest BCUT2D eigenvalue weighted by atomic mass is 16.5. The van der Waals surface area contributed by atoms with Gasteiger partial charge in [0.2, 0.25) is 0 Å². The number of ether oxygens (including phenoxy) is 2. The first-order valence-electron chi connectivity index (χ1n) is 29.8. The van der Waals surface area contributed by atoms with Gasteiger partial charge in [-0.2, -0.15) is 10.5 Å². The van der Waals surface area contributed by atoms with Gasteiger partial charge in [-0.05, 0) is 120 Å². The number of hydrogen-bond acceptors (Lipinski definition) is 8. The van der Waals surface area contributed by atoms with Crippen molar-refractivity contribution in [2.24, 2.45) is 4.99 Å². The van der Waals surface area contributed by atoms with Crippen molar-refractivity contribution in [3.8, 4) is 68.4 Å². The van der Waals surface area contributed by atoms with Crippen molar-refractivity contribution in [3.05, 3.63) is 290 Å². The predicted octanol–water partition coefficient (Wildman–Crippen LogP) is 12.5. The molecule has 10 nitrogen and oxygen atoms in total. The van der Waals surface area contributed by atoms with Crippen molar-refractivity contribution in [3.63, 3.8) is 0 Å². The Morgan fingerprint density at radius 1 is 0.472 bits per heavy atom. The minimum absolute atomic E-state index is 0.237. The van der Waals surface area contributed by atoms with Gasteiger partial charge in [0.25, 0.3) is 0 Å². The summed E-state index contributed by atoms with van der Waals surface area (Å²) in [6.45, 7) is 3.68. The molecule has 89 heavy (non-hydrogen) atoms. The van der Waals surface area contributed by atoms with Gasteiger partial charge in [0.15, 0.2) is 0 Å². The maximum absolute atomic E-state index is 12.5. The van der Waals surface area contributed by atoms with Gasteiger partial charge in [-0.3, -0.25) is 9.98 Å². The summed E-state index contributed by atoms with van der Waals surface area (Å²) in [6, 6.07) is 95.2. The molecule has 10 aromatic carbocycles. The van der Waals surface area contributed by atoms with Crippen LogP contribution in [0.25, 0.3) is 77.7 Å². The van der Waals surface area contributed by atoms with Crippen LogP contribution in [0, 0.1) is 22.7 Å². The number of rotatable bonds is 17. The Balaban J connectivity index is 1.29. The lowest BCUT2D eigenvalue weighted by atomic mass is 9.50. The van der Waals surface area contributed by atoms with E-state index in [4.69, 9.17) is 30.2 Å². The predicted molar refractivity (Wildman–Crippen MR) is 366 cm³/mol. The van der Waals surface area contributed by atoms with E-state index >= 15 is 0 Å². The zero-order chi connectivity index (χ0) is 60.6. The standard InChI is InChI=1S/C77H58B2N8O2/c1-3-88-64-41-35-55(36-42-64)74-72-73(77(87(74)79(62-31-19-9-20-32-62)63-33-21-10-22-34-63)66(50-81)71-52-84-70-48-58(40-46-69(70)85-71)54-25-13-6-14-26-54)75(56-37-43-65(44-38-56)89-4-2)86(78(60-27-15-7-16-28-60)61-29-17-8-18-30-61)76(72)59(49-80)51-83-68-45-39-57(47-67(68)82)53-23-11-5-12-24-53/h5-48,51-52H,3-4,82H2,1-2H3/b76-59-,77-66-,83-51+. The number of aromatic nitrogens is 4. The van der Waals surface area contributed by atoms with Crippen molar-refractivity contribution >= 4 is 86.1 Å². The molecule has 3 aromatic heterocycles. The van der Waals surface area contributed by atoms with Crippen LogP contribution >= 0.6 is 0 Å². The molecule has 0 spiro atoms. The average molecular weight is 1150 g/mol. The zero-order valence-corrected chi connectivity index (χ0v) is 49.2. The van der Waals surface area contributed by atoms with E-state index in [1.807, 2.05) is 196 Å². The Bertz CT molecular complexity index is 4810. The van der Waals surface area contributed by atoms with E-state index in [1.165, 1.54) is 0 Å². The second-order valence-corrected chi connectivity index (χ2v) is 21.5. The second-order valence-electron chi connectivity index (χ2n) is 21.5. The molecular formula is C77H58B2N8O2. The molecule has 2 N–H and O–H groups in total. The highest BCUT2D eigenvalue weighted by Crippen LogP contribution is 2.38. The third kappa shape index (κ3) is 11.2. The Hall–Kier alpha value is -11.7. The Morgan fingerprint density at radius 3 is 1.33 bits per heavy atom. The average Bonchev–Trinajstić information content (AvgIpc) is 1.54. The summed E-state index contributed by atoms with van der Waals surface area (Å²) in [5, 5.41) is 27.2. The van der Waals surface area contributed by atoms with Crippen LogP contribution in [-0.4, -0.2) is 52.0 Å². The smallest absolute Gasteiger partial charge is 0.328 e. The SMILES string of the molecule is CCOc1ccc(-c2c3/c(=C(\C#N)c4cnc5cc(-c6ccccc6)ccc5n4)n(B(c4ccccc4)c4ccccc4)c(-c4ccc(OCC)cc4)c3/c(=C(C#N)/C=N/c3ccc(-c4ccccc4)cc3N)n2B(c2ccccc2)c2ccccc2)cc1. The van der Waals surface area contributed by atoms with E-state index in [0.717, 1.165) is 66.6 Å². The van der Waals surface area contributed by atoms with Gasteiger partial charge in [-0.1, -0.05) is 216 Å². The number of fused-ring (bicyclic) bond motifs is 2. The lowest BCUT2D eigenvalue weighted by Gasteiger charge is -2.24. The van der Waals surface area contributed by atoms with Crippen LogP contribution in [0.4, 0.5) is 11.4 Å². The molecule has 0 saturated carbocycles. The fourth-order valence-corrected chi connectivity index (χ4v) is 12.2. The molecule has 0 aliphatic heterocycles. The summed E-state index contributed by atoms with van der Waals surface area (Å²) >= 11 is 0. The van der Waals surface area contributed by atoms with Crippen LogP contribution in [0.15, 0.2) is 278 Å². The number of nitrogens with two attached hydrogens (primary N) is 1. The summed E-state index contributed by atoms with van der Waals surface area (Å²) < 4.78 is 16.9. The molecule has 0 amide bonds. The molecule has 0 bridgehead atoms.